The molecule has 1 N–H and O–H groups in total. The maximum atomic E-state index is 12.5. The van der Waals surface area contributed by atoms with Crippen LogP contribution in [0.15, 0.2) is 23.1 Å². The second-order valence-electron chi connectivity index (χ2n) is 6.06. The Hall–Kier alpha value is -1.89. The highest BCUT2D eigenvalue weighted by Crippen LogP contribution is 2.32. The molecule has 6 nitrogen and oxygen atoms in total. The third-order valence-corrected chi connectivity index (χ3v) is 5.93. The molecule has 22 heavy (non-hydrogen) atoms. The zero-order chi connectivity index (χ0) is 16.1. The molecular formula is C15H18N2O4S. The van der Waals surface area contributed by atoms with Crippen molar-refractivity contribution in [2.24, 2.45) is 5.92 Å². The summed E-state index contributed by atoms with van der Waals surface area (Å²) in [6, 6.07) is 3.76. The fourth-order valence-corrected chi connectivity index (χ4v) is 4.35. The Morgan fingerprint density at radius 2 is 2.05 bits per heavy atom. The van der Waals surface area contributed by atoms with E-state index in [4.69, 9.17) is 0 Å². The van der Waals surface area contributed by atoms with E-state index in [1.807, 2.05) is 0 Å². The van der Waals surface area contributed by atoms with Crippen molar-refractivity contribution < 1.29 is 18.0 Å². The van der Waals surface area contributed by atoms with Gasteiger partial charge in [0.15, 0.2) is 0 Å². The van der Waals surface area contributed by atoms with Gasteiger partial charge in [-0.3, -0.25) is 9.59 Å². The summed E-state index contributed by atoms with van der Waals surface area (Å²) >= 11 is 0. The van der Waals surface area contributed by atoms with Crippen molar-refractivity contribution in [3.63, 3.8) is 0 Å². The average Bonchev–Trinajstić information content (AvgIpc) is 3.24. The molecule has 1 fully saturated rings. The first-order valence-electron chi connectivity index (χ1n) is 7.33. The number of hydrogen-bond donors (Lipinski definition) is 1. The largest absolute Gasteiger partial charge is 0.352 e. The summed E-state index contributed by atoms with van der Waals surface area (Å²) in [5.41, 5.74) is 0.397. The number of benzene rings is 1. The highest BCUT2D eigenvalue weighted by atomic mass is 32.2. The van der Waals surface area contributed by atoms with Crippen LogP contribution in [0.25, 0.3) is 0 Å². The first-order chi connectivity index (χ1) is 10.3. The van der Waals surface area contributed by atoms with Crippen molar-refractivity contribution in [1.29, 1.82) is 0 Å². The molecule has 1 saturated carbocycles. The van der Waals surface area contributed by atoms with Crippen molar-refractivity contribution in [3.8, 4) is 0 Å². The molecule has 1 aromatic rings. The molecule has 3 rings (SSSR count). The van der Waals surface area contributed by atoms with Crippen LogP contribution in [-0.2, 0) is 10.0 Å². The van der Waals surface area contributed by atoms with Crippen LogP contribution in [0, 0.1) is 5.92 Å². The Kier molecular flexibility index (Phi) is 3.47. The van der Waals surface area contributed by atoms with E-state index in [2.05, 4.69) is 5.32 Å². The summed E-state index contributed by atoms with van der Waals surface area (Å²) < 4.78 is 25.8. The second kappa shape index (κ2) is 5.08. The minimum Gasteiger partial charge on any atom is -0.352 e. The Labute approximate surface area is 129 Å². The molecule has 0 aromatic heterocycles. The Morgan fingerprint density at radius 1 is 1.36 bits per heavy atom. The lowest BCUT2D eigenvalue weighted by molar-refractivity contribution is 0.0845. The average molecular weight is 322 g/mol. The summed E-state index contributed by atoms with van der Waals surface area (Å²) in [7, 11) is -3.87. The highest BCUT2D eigenvalue weighted by molar-refractivity contribution is 7.90. The molecule has 118 valence electrons. The SMILES string of the molecule is CC(C)N1C(=O)c2ccc(C(=O)NCC3CC3)cc2S1(=O)=O. The molecule has 0 unspecified atom stereocenters. The number of nitrogens with one attached hydrogen (secondary N) is 1. The molecule has 0 atom stereocenters. The van der Waals surface area contributed by atoms with Crippen LogP contribution < -0.4 is 5.32 Å². The smallest absolute Gasteiger partial charge is 0.269 e. The zero-order valence-corrected chi connectivity index (χ0v) is 13.3. The van der Waals surface area contributed by atoms with Gasteiger partial charge in [0, 0.05) is 18.2 Å². The maximum absolute atomic E-state index is 12.5. The topological polar surface area (TPSA) is 83.6 Å². The molecule has 1 aliphatic heterocycles. The maximum Gasteiger partial charge on any atom is 0.269 e. The van der Waals surface area contributed by atoms with Crippen LogP contribution in [0.2, 0.25) is 0 Å². The quantitative estimate of drug-likeness (QED) is 0.908. The number of sulfonamides is 1. The highest BCUT2D eigenvalue weighted by Gasteiger charge is 2.42. The fraction of sp³-hybridized carbons (Fsp3) is 0.467. The van der Waals surface area contributed by atoms with Gasteiger partial charge in [-0.25, -0.2) is 12.7 Å². The molecule has 0 radical (unpaired) electrons. The summed E-state index contributed by atoms with van der Waals surface area (Å²) in [6.07, 6.45) is 2.24. The van der Waals surface area contributed by atoms with Crippen molar-refractivity contribution in [1.82, 2.24) is 9.62 Å². The normalized spacial score (nSPS) is 19.4. The van der Waals surface area contributed by atoms with E-state index in [1.54, 1.807) is 13.8 Å². The number of carbonyl (C=O) groups excluding carboxylic acids is 2. The van der Waals surface area contributed by atoms with Crippen molar-refractivity contribution in [3.05, 3.63) is 29.3 Å². The summed E-state index contributed by atoms with van der Waals surface area (Å²) in [4.78, 5) is 24.2. The minimum atomic E-state index is -3.87. The van der Waals surface area contributed by atoms with Gasteiger partial charge in [0.05, 0.1) is 5.56 Å². The zero-order valence-electron chi connectivity index (χ0n) is 12.5. The molecule has 1 aliphatic carbocycles. The van der Waals surface area contributed by atoms with Gasteiger partial charge in [-0.2, -0.15) is 0 Å². The Balaban J connectivity index is 1.93. The first kappa shape index (κ1) is 15.0. The first-order valence-corrected chi connectivity index (χ1v) is 8.77. The van der Waals surface area contributed by atoms with Crippen LogP contribution in [0.4, 0.5) is 0 Å². The Morgan fingerprint density at radius 3 is 2.64 bits per heavy atom. The number of rotatable bonds is 4. The van der Waals surface area contributed by atoms with Gasteiger partial charge < -0.3 is 5.32 Å². The van der Waals surface area contributed by atoms with E-state index in [9.17, 15) is 18.0 Å². The molecule has 0 saturated heterocycles. The predicted octanol–water partition coefficient (Wildman–Crippen LogP) is 1.38. The number of amides is 2. The molecule has 2 amide bonds. The predicted molar refractivity (Wildman–Crippen MR) is 80.0 cm³/mol. The van der Waals surface area contributed by atoms with Gasteiger partial charge in [-0.05, 0) is 50.8 Å². The fourth-order valence-electron chi connectivity index (χ4n) is 2.56. The number of hydrogen-bond acceptors (Lipinski definition) is 4. The third-order valence-electron chi connectivity index (χ3n) is 3.93. The van der Waals surface area contributed by atoms with Gasteiger partial charge in [0.1, 0.15) is 4.90 Å². The van der Waals surface area contributed by atoms with E-state index in [0.717, 1.165) is 17.1 Å². The summed E-state index contributed by atoms with van der Waals surface area (Å²) in [5, 5.41) is 2.79. The molecule has 2 aliphatic rings. The van der Waals surface area contributed by atoms with Crippen LogP contribution in [0.1, 0.15) is 47.4 Å². The van der Waals surface area contributed by atoms with Gasteiger partial charge >= 0.3 is 0 Å². The third kappa shape index (κ3) is 2.39. The van der Waals surface area contributed by atoms with E-state index in [1.165, 1.54) is 18.2 Å². The van der Waals surface area contributed by atoms with Crippen LogP contribution in [0.3, 0.4) is 0 Å². The van der Waals surface area contributed by atoms with Crippen LogP contribution in [0.5, 0.6) is 0 Å². The minimum absolute atomic E-state index is 0.0785. The number of nitrogens with zero attached hydrogens (tertiary/aromatic N) is 1. The van der Waals surface area contributed by atoms with Crippen molar-refractivity contribution in [2.45, 2.75) is 37.6 Å². The molecule has 0 spiro atoms. The molecule has 0 bridgehead atoms. The monoisotopic (exact) mass is 322 g/mol. The summed E-state index contributed by atoms with van der Waals surface area (Å²) in [6.45, 7) is 3.90. The van der Waals surface area contributed by atoms with Crippen molar-refractivity contribution in [2.75, 3.05) is 6.54 Å². The lowest BCUT2D eigenvalue weighted by Crippen LogP contribution is -2.36. The Bertz CT molecular complexity index is 751. The lowest BCUT2D eigenvalue weighted by Gasteiger charge is -2.18. The van der Waals surface area contributed by atoms with Gasteiger partial charge in [-0.1, -0.05) is 0 Å². The van der Waals surface area contributed by atoms with Gasteiger partial charge in [-0.15, -0.1) is 0 Å². The standard InChI is InChI=1S/C15H18N2O4S/c1-9(2)17-15(19)12-6-5-11(7-13(12)22(17,20)21)14(18)16-8-10-3-4-10/h5-7,9-10H,3-4,8H2,1-2H3,(H,16,18). The van der Waals surface area contributed by atoms with E-state index < -0.39 is 22.0 Å². The summed E-state index contributed by atoms with van der Waals surface area (Å²) in [5.74, 6) is -0.296. The second-order valence-corrected chi connectivity index (χ2v) is 7.85. The molecule has 1 aromatic carbocycles. The van der Waals surface area contributed by atoms with Gasteiger partial charge in [0.25, 0.3) is 21.8 Å². The molecular weight excluding hydrogens is 304 g/mol. The van der Waals surface area contributed by atoms with Crippen LogP contribution >= 0.6 is 0 Å². The van der Waals surface area contributed by atoms with Crippen LogP contribution in [-0.4, -0.2) is 37.1 Å². The molecule has 7 heteroatoms. The van der Waals surface area contributed by atoms with E-state index in [-0.39, 0.29) is 21.9 Å². The number of carbonyl (C=O) groups is 2. The molecule has 1 heterocycles. The van der Waals surface area contributed by atoms with Gasteiger partial charge in [0.2, 0.25) is 0 Å². The van der Waals surface area contributed by atoms with E-state index in [0.29, 0.717) is 12.5 Å². The van der Waals surface area contributed by atoms with Crippen molar-refractivity contribution >= 4 is 21.8 Å². The lowest BCUT2D eigenvalue weighted by atomic mass is 10.1. The van der Waals surface area contributed by atoms with E-state index >= 15 is 0 Å². The number of fused-ring (bicyclic) bond motifs is 1.